The van der Waals surface area contributed by atoms with E-state index in [1.54, 1.807) is 0 Å². The van der Waals surface area contributed by atoms with Gasteiger partial charge in [-0.2, -0.15) is 0 Å². The van der Waals surface area contributed by atoms with Crippen LogP contribution in [0.4, 0.5) is 4.79 Å². The van der Waals surface area contributed by atoms with Gasteiger partial charge in [-0.05, 0) is 18.8 Å². The molecule has 108 valence electrons. The number of aliphatic carboxylic acids is 1. The molecule has 0 aromatic heterocycles. The molecule has 0 saturated heterocycles. The Morgan fingerprint density at radius 1 is 1.26 bits per heavy atom. The topological polar surface area (TPSA) is 124 Å². The van der Waals surface area contributed by atoms with Gasteiger partial charge in [0, 0.05) is 13.6 Å². The molecule has 3 amide bonds. The number of hydrogen-bond donors (Lipinski definition) is 3. The highest BCUT2D eigenvalue weighted by atomic mass is 16.4. The lowest BCUT2D eigenvalue weighted by atomic mass is 9.82. The predicted molar refractivity (Wildman–Crippen MR) is 65.2 cm³/mol. The van der Waals surface area contributed by atoms with Gasteiger partial charge in [0.1, 0.15) is 13.1 Å². The minimum Gasteiger partial charge on any atom is -0.480 e. The SMILES string of the molecule is CN(CC1CC(O)C1)C(=O)N(CC(N)=O)CC(=O)O. The second kappa shape index (κ2) is 6.37. The molecule has 4 N–H and O–H groups in total. The number of carbonyl (C=O) groups excluding carboxylic acids is 2. The van der Waals surface area contributed by atoms with Gasteiger partial charge in [-0.25, -0.2) is 4.79 Å². The number of rotatable bonds is 6. The number of hydrogen-bond acceptors (Lipinski definition) is 4. The van der Waals surface area contributed by atoms with Crippen LogP contribution in [0.1, 0.15) is 12.8 Å². The number of aliphatic hydroxyl groups excluding tert-OH is 1. The first-order chi connectivity index (χ1) is 8.79. The lowest BCUT2D eigenvalue weighted by Crippen LogP contribution is -2.49. The fourth-order valence-electron chi connectivity index (χ4n) is 2.10. The van der Waals surface area contributed by atoms with E-state index < -0.39 is 31.0 Å². The Hall–Kier alpha value is -1.83. The van der Waals surface area contributed by atoms with Crippen LogP contribution in [0.2, 0.25) is 0 Å². The van der Waals surface area contributed by atoms with Gasteiger partial charge in [0.15, 0.2) is 0 Å². The monoisotopic (exact) mass is 273 g/mol. The van der Waals surface area contributed by atoms with E-state index in [-0.39, 0.29) is 12.0 Å². The fraction of sp³-hybridized carbons (Fsp3) is 0.727. The molecule has 0 aromatic carbocycles. The van der Waals surface area contributed by atoms with Crippen LogP contribution < -0.4 is 5.73 Å². The Morgan fingerprint density at radius 3 is 2.26 bits per heavy atom. The fourth-order valence-corrected chi connectivity index (χ4v) is 2.10. The first-order valence-corrected chi connectivity index (χ1v) is 5.97. The largest absolute Gasteiger partial charge is 0.480 e. The molecule has 1 aliphatic rings. The van der Waals surface area contributed by atoms with E-state index in [0.29, 0.717) is 19.4 Å². The number of carboxylic acid groups (broad SMARTS) is 1. The van der Waals surface area contributed by atoms with Crippen LogP contribution in [0.3, 0.4) is 0 Å². The number of nitrogens with zero attached hydrogens (tertiary/aromatic N) is 2. The van der Waals surface area contributed by atoms with Crippen molar-refractivity contribution in [3.05, 3.63) is 0 Å². The maximum Gasteiger partial charge on any atom is 0.323 e. The molecule has 1 fully saturated rings. The maximum absolute atomic E-state index is 12.0. The summed E-state index contributed by atoms with van der Waals surface area (Å²) < 4.78 is 0. The summed E-state index contributed by atoms with van der Waals surface area (Å²) in [6.07, 6.45) is 0.952. The van der Waals surface area contributed by atoms with Gasteiger partial charge >= 0.3 is 12.0 Å². The van der Waals surface area contributed by atoms with E-state index in [0.717, 1.165) is 4.90 Å². The van der Waals surface area contributed by atoms with Crippen molar-refractivity contribution in [2.75, 3.05) is 26.7 Å². The number of carboxylic acids is 1. The Labute approximate surface area is 110 Å². The second-order valence-electron chi connectivity index (χ2n) is 4.87. The van der Waals surface area contributed by atoms with Crippen molar-refractivity contribution >= 4 is 17.9 Å². The average molecular weight is 273 g/mol. The molecule has 0 spiro atoms. The molecule has 0 unspecified atom stereocenters. The van der Waals surface area contributed by atoms with E-state index in [1.165, 1.54) is 11.9 Å². The van der Waals surface area contributed by atoms with E-state index >= 15 is 0 Å². The molecule has 0 heterocycles. The Kier molecular flexibility index (Phi) is 5.11. The number of primary amides is 1. The predicted octanol–water partition coefficient (Wildman–Crippen LogP) is -1.32. The highest BCUT2D eigenvalue weighted by Crippen LogP contribution is 2.27. The first kappa shape index (κ1) is 15.2. The zero-order valence-electron chi connectivity index (χ0n) is 10.8. The molecule has 8 nitrogen and oxygen atoms in total. The molecule has 19 heavy (non-hydrogen) atoms. The summed E-state index contributed by atoms with van der Waals surface area (Å²) in [5.74, 6) is -1.76. The molecule has 8 heteroatoms. The molecule has 0 bridgehead atoms. The summed E-state index contributed by atoms with van der Waals surface area (Å²) in [4.78, 5) is 35.7. The third-order valence-corrected chi connectivity index (χ3v) is 3.01. The number of aliphatic hydroxyl groups is 1. The van der Waals surface area contributed by atoms with Crippen LogP contribution >= 0.6 is 0 Å². The summed E-state index contributed by atoms with van der Waals surface area (Å²) in [5, 5.41) is 17.9. The minimum atomic E-state index is -1.21. The van der Waals surface area contributed by atoms with Gasteiger partial charge in [-0.1, -0.05) is 0 Å². The summed E-state index contributed by atoms with van der Waals surface area (Å²) in [5.41, 5.74) is 4.99. The lowest BCUT2D eigenvalue weighted by Gasteiger charge is -2.35. The maximum atomic E-state index is 12.0. The van der Waals surface area contributed by atoms with Crippen molar-refractivity contribution in [1.29, 1.82) is 0 Å². The molecular weight excluding hydrogens is 254 g/mol. The zero-order valence-corrected chi connectivity index (χ0v) is 10.8. The summed E-state index contributed by atoms with van der Waals surface area (Å²) in [7, 11) is 1.53. The number of urea groups is 1. The van der Waals surface area contributed by atoms with Gasteiger partial charge in [-0.15, -0.1) is 0 Å². The van der Waals surface area contributed by atoms with Gasteiger partial charge in [-0.3, -0.25) is 9.59 Å². The molecule has 0 aliphatic heterocycles. The lowest BCUT2D eigenvalue weighted by molar-refractivity contribution is -0.138. The second-order valence-corrected chi connectivity index (χ2v) is 4.87. The summed E-state index contributed by atoms with van der Waals surface area (Å²) in [6.45, 7) is -0.576. The van der Waals surface area contributed by atoms with Crippen LogP contribution in [-0.4, -0.2) is 70.7 Å². The van der Waals surface area contributed by atoms with E-state index in [4.69, 9.17) is 15.9 Å². The van der Waals surface area contributed by atoms with Crippen LogP contribution in [0.25, 0.3) is 0 Å². The standard InChI is InChI=1S/C11H19N3O5/c1-13(4-7-2-8(15)3-7)11(19)14(5-9(12)16)6-10(17)18/h7-8,15H,2-6H2,1H3,(H2,12,16)(H,17,18). The van der Waals surface area contributed by atoms with Crippen molar-refractivity contribution < 1.29 is 24.6 Å². The van der Waals surface area contributed by atoms with Crippen molar-refractivity contribution in [3.8, 4) is 0 Å². The van der Waals surface area contributed by atoms with Crippen LogP contribution in [0, 0.1) is 5.92 Å². The third-order valence-electron chi connectivity index (χ3n) is 3.01. The first-order valence-electron chi connectivity index (χ1n) is 5.97. The molecule has 1 aliphatic carbocycles. The van der Waals surface area contributed by atoms with Crippen molar-refractivity contribution in [2.45, 2.75) is 18.9 Å². The normalized spacial score (nSPS) is 21.4. The average Bonchev–Trinajstić information content (AvgIpc) is 2.23. The molecule has 1 rings (SSSR count). The van der Waals surface area contributed by atoms with Gasteiger partial charge in [0.25, 0.3) is 0 Å². The minimum absolute atomic E-state index is 0.212. The van der Waals surface area contributed by atoms with Crippen molar-refractivity contribution in [2.24, 2.45) is 11.7 Å². The molecule has 0 atom stereocenters. The molecule has 0 aromatic rings. The number of carbonyl (C=O) groups is 3. The van der Waals surface area contributed by atoms with Crippen LogP contribution in [0.5, 0.6) is 0 Å². The number of amides is 3. The quantitative estimate of drug-likeness (QED) is 0.553. The Balaban J connectivity index is 2.53. The van der Waals surface area contributed by atoms with E-state index in [2.05, 4.69) is 0 Å². The molecule has 1 saturated carbocycles. The Bertz CT molecular complexity index is 351. The van der Waals surface area contributed by atoms with Gasteiger partial charge in [0.05, 0.1) is 6.10 Å². The smallest absolute Gasteiger partial charge is 0.323 e. The molecular formula is C11H19N3O5. The van der Waals surface area contributed by atoms with Gasteiger partial charge in [0.2, 0.25) is 5.91 Å². The Morgan fingerprint density at radius 2 is 1.84 bits per heavy atom. The molecule has 0 radical (unpaired) electrons. The summed E-state index contributed by atoms with van der Waals surface area (Å²) >= 11 is 0. The van der Waals surface area contributed by atoms with Crippen LogP contribution in [-0.2, 0) is 9.59 Å². The zero-order chi connectivity index (χ0) is 14.6. The van der Waals surface area contributed by atoms with Gasteiger partial charge < -0.3 is 25.7 Å². The van der Waals surface area contributed by atoms with Crippen molar-refractivity contribution in [1.82, 2.24) is 9.80 Å². The van der Waals surface area contributed by atoms with Crippen LogP contribution in [0.15, 0.2) is 0 Å². The summed E-state index contributed by atoms with van der Waals surface area (Å²) in [6, 6.07) is -0.553. The van der Waals surface area contributed by atoms with E-state index in [9.17, 15) is 14.4 Å². The third kappa shape index (κ3) is 4.74. The number of nitrogens with two attached hydrogens (primary N) is 1. The highest BCUT2D eigenvalue weighted by molar-refractivity contribution is 5.85. The highest BCUT2D eigenvalue weighted by Gasteiger charge is 2.30. The van der Waals surface area contributed by atoms with E-state index in [1.807, 2.05) is 0 Å². The van der Waals surface area contributed by atoms with Crippen molar-refractivity contribution in [3.63, 3.8) is 0 Å².